The third-order valence-electron chi connectivity index (χ3n) is 10.8. The van der Waals surface area contributed by atoms with Crippen molar-refractivity contribution in [3.63, 3.8) is 0 Å². The van der Waals surface area contributed by atoms with Crippen molar-refractivity contribution in [2.45, 2.75) is 106 Å². The van der Waals surface area contributed by atoms with Gasteiger partial charge in [-0.1, -0.05) is 30.3 Å². The average Bonchev–Trinajstić information content (AvgIpc) is 3.35. The molecule has 32 heteroatoms. The number of ether oxygens (including phenoxy) is 13. The van der Waals surface area contributed by atoms with Crippen LogP contribution in [0.15, 0.2) is 30.3 Å². The number of esters is 9. The summed E-state index contributed by atoms with van der Waals surface area (Å²) in [6, 6.07) is 8.45. The summed E-state index contributed by atoms with van der Waals surface area (Å²) in [4.78, 5) is 140. The van der Waals surface area contributed by atoms with Gasteiger partial charge in [0.2, 0.25) is 0 Å². The van der Waals surface area contributed by atoms with Crippen LogP contribution in [-0.4, -0.2) is 208 Å². The average molecular weight is 1410 g/mol. The van der Waals surface area contributed by atoms with E-state index in [1.54, 1.807) is 30.3 Å². The normalized spacial score (nSPS) is 14.1. The molecule has 0 spiro atoms. The zero-order chi connectivity index (χ0) is 59.7. The Kier molecular flexibility index (Phi) is 46.3. The molecule has 0 saturated carbocycles. The van der Waals surface area contributed by atoms with Gasteiger partial charge < -0.3 is 105 Å². The number of hydrogen-bond acceptors (Lipinski definition) is 24. The van der Waals surface area contributed by atoms with Crippen molar-refractivity contribution in [3.8, 4) is 0 Å². The van der Waals surface area contributed by atoms with Gasteiger partial charge in [0.25, 0.3) is 0 Å². The van der Waals surface area contributed by atoms with Crippen LogP contribution < -0.4 is 34.0 Å². The molecule has 2 unspecified atom stereocenters. The predicted octanol–water partition coefficient (Wildman–Crippen LogP) is -2.35. The molecule has 1 aromatic carbocycles. The second-order valence-corrected chi connectivity index (χ2v) is 21.3. The van der Waals surface area contributed by atoms with E-state index in [1.165, 1.54) is 48.5 Å². The van der Waals surface area contributed by atoms with Crippen molar-refractivity contribution in [3.05, 3.63) is 35.9 Å². The minimum atomic E-state index is -2.00. The fraction of sp³-hybridized carbons (Fsp3) is 0.673. The van der Waals surface area contributed by atoms with Gasteiger partial charge in [-0.3, -0.25) is 24.0 Å². The van der Waals surface area contributed by atoms with E-state index in [2.05, 4.69) is 0 Å². The molecule has 0 N–H and O–H groups in total. The van der Waals surface area contributed by atoms with E-state index in [9.17, 15) is 52.7 Å². The maximum absolute atomic E-state index is 13.7. The minimum Gasteiger partial charge on any atom is -1.00 e. The molecule has 0 radical (unpaired) electrons. The van der Waals surface area contributed by atoms with Crippen molar-refractivity contribution < 1.29 is 157 Å². The molecule has 0 aliphatic rings. The van der Waals surface area contributed by atoms with Crippen LogP contribution in [0, 0.1) is 16.2 Å². The third kappa shape index (κ3) is 37.0. The molecule has 26 nitrogen and oxygen atoms in total. The smallest absolute Gasteiger partial charge is 0.508 e. The highest BCUT2D eigenvalue weighted by Crippen LogP contribution is 2.26. The lowest BCUT2D eigenvalue weighted by atomic mass is 9.93. The number of hydrogen-bond donors (Lipinski definition) is 0. The first kappa shape index (κ1) is 90.5. The Labute approximate surface area is 540 Å². The summed E-state index contributed by atoms with van der Waals surface area (Å²) in [6.45, 7) is 6.57. The second-order valence-electron chi connectivity index (χ2n) is 21.3. The van der Waals surface area contributed by atoms with Crippen LogP contribution in [0.3, 0.4) is 0 Å². The standard InChI is InChI=1S/C52H80N2O24.2BrH.4H2S/c1-34(77-43(59)36(3)75-38(5)55)41(57)69-28-50(7,45(61)66-25-19-23-53(10,11)12)30-71-48(64)73-32-52(9,47(63)68-27-40-21-17-16-18-22-40)33-74-49(65)72-31-51(8,46(62)67-26-20-24-54(13,14)15)29-70-42(58)35(2)78-44(60)37(4)76-39(6)56;;;;;;/h16-18,21-22,34-37H,19-20,23-33H2,1-15H3;2*1H;4*1H2/q+2;;;;;;/p-2/t34-,35-,36-,37-,50?,51?,52?;;;;;;/m0....../s1. The van der Waals surface area contributed by atoms with Gasteiger partial charge in [-0.15, -0.1) is 0 Å². The Morgan fingerprint density at radius 3 is 0.964 bits per heavy atom. The fourth-order valence-corrected chi connectivity index (χ4v) is 6.01. The molecule has 0 heterocycles. The zero-order valence-electron chi connectivity index (χ0n) is 50.3. The molecule has 0 aliphatic carbocycles. The Morgan fingerprint density at radius 2 is 0.679 bits per heavy atom. The predicted molar refractivity (Wildman–Crippen MR) is 309 cm³/mol. The second kappa shape index (κ2) is 43.0. The van der Waals surface area contributed by atoms with Gasteiger partial charge in [-0.2, -0.15) is 54.0 Å². The van der Waals surface area contributed by atoms with Gasteiger partial charge in [-0.05, 0) is 54.0 Å². The number of carbonyl (C=O) groups excluding carboxylic acids is 11. The molecule has 488 valence electrons. The van der Waals surface area contributed by atoms with E-state index in [0.717, 1.165) is 13.8 Å². The zero-order valence-corrected chi connectivity index (χ0v) is 57.5. The van der Waals surface area contributed by atoms with Gasteiger partial charge in [0.05, 0.1) is 68.6 Å². The first-order valence-electron chi connectivity index (χ1n) is 24.9. The van der Waals surface area contributed by atoms with Crippen molar-refractivity contribution in [1.29, 1.82) is 0 Å². The van der Waals surface area contributed by atoms with E-state index in [-0.39, 0.29) is 108 Å². The van der Waals surface area contributed by atoms with E-state index >= 15 is 0 Å². The SMILES string of the molecule is CC(=O)O[C@@H](C)C(=O)O[C@@H](C)C(=O)OCC(C)(COC(=O)OCC(C)(COC(=O)OCC(C)(COC(=O)[C@H](C)OC(=O)[C@H](C)OC(C)=O)C(=O)OCCC[N+](C)(C)C)C(=O)OCc1ccccc1)C(=O)OCCC[N+](C)(C)C.S.S.S.S.[Br-].[Br-]. The maximum atomic E-state index is 13.7. The molecule has 0 fully saturated rings. The van der Waals surface area contributed by atoms with Crippen LogP contribution in [0.2, 0.25) is 0 Å². The van der Waals surface area contributed by atoms with Crippen LogP contribution in [0.25, 0.3) is 0 Å². The molecule has 0 amide bonds. The van der Waals surface area contributed by atoms with Crippen LogP contribution in [-0.2, 0) is 111 Å². The van der Waals surface area contributed by atoms with Crippen LogP contribution in [0.4, 0.5) is 9.59 Å². The number of rotatable bonds is 33. The summed E-state index contributed by atoms with van der Waals surface area (Å²) in [6.07, 6.45) is -7.83. The molecular weight excluding hydrogens is 1320 g/mol. The summed E-state index contributed by atoms with van der Waals surface area (Å²) in [5, 5.41) is 0. The van der Waals surface area contributed by atoms with E-state index in [0.29, 0.717) is 40.5 Å². The van der Waals surface area contributed by atoms with Gasteiger partial charge in [0, 0.05) is 26.7 Å². The lowest BCUT2D eigenvalue weighted by Gasteiger charge is -2.29. The van der Waals surface area contributed by atoms with Gasteiger partial charge in [-0.25, -0.2) is 28.8 Å². The molecule has 0 aromatic heterocycles. The molecule has 84 heavy (non-hydrogen) atoms. The highest BCUT2D eigenvalue weighted by atomic mass is 79.9. The number of quaternary nitrogens is 2. The van der Waals surface area contributed by atoms with E-state index in [1.807, 2.05) is 42.3 Å². The molecule has 0 saturated heterocycles. The largest absolute Gasteiger partial charge is 1.00 e. The summed E-state index contributed by atoms with van der Waals surface area (Å²) >= 11 is 0. The number of carbonyl (C=O) groups is 11. The Morgan fingerprint density at radius 1 is 0.405 bits per heavy atom. The Bertz CT molecular complexity index is 2120. The summed E-state index contributed by atoms with van der Waals surface area (Å²) < 4.78 is 69.0. The molecule has 0 aliphatic heterocycles. The quantitative estimate of drug-likeness (QED) is 0.0308. The summed E-state index contributed by atoms with van der Waals surface area (Å²) in [7, 11) is 11.6. The van der Waals surface area contributed by atoms with Crippen LogP contribution in [0.1, 0.15) is 80.7 Å². The summed E-state index contributed by atoms with van der Waals surface area (Å²) in [5.74, 6) is -8.83. The van der Waals surface area contributed by atoms with E-state index < -0.39 is 146 Å². The molecular formula is C52H88Br2N2O24S4. The molecule has 0 bridgehead atoms. The number of halogens is 2. The monoisotopic (exact) mass is 1410 g/mol. The lowest BCUT2D eigenvalue weighted by molar-refractivity contribution is -0.870. The van der Waals surface area contributed by atoms with Crippen molar-refractivity contribution in [2.24, 2.45) is 16.2 Å². The molecule has 6 atom stereocenters. The number of nitrogens with zero attached hydrogens (tertiary/aromatic N) is 2. The maximum Gasteiger partial charge on any atom is 0.508 e. The van der Waals surface area contributed by atoms with Crippen LogP contribution >= 0.6 is 54.0 Å². The van der Waals surface area contributed by atoms with Gasteiger partial charge in [0.15, 0.2) is 24.4 Å². The van der Waals surface area contributed by atoms with Gasteiger partial charge in [0.1, 0.15) is 62.5 Å². The Hall–Kier alpha value is -4.73. The highest BCUT2D eigenvalue weighted by molar-refractivity contribution is 7.59. The van der Waals surface area contributed by atoms with Crippen molar-refractivity contribution in [2.75, 3.05) is 108 Å². The number of benzene rings is 1. The third-order valence-corrected chi connectivity index (χ3v) is 10.8. The van der Waals surface area contributed by atoms with Crippen molar-refractivity contribution in [1.82, 2.24) is 0 Å². The molecule has 1 aromatic rings. The first-order valence-corrected chi connectivity index (χ1v) is 24.9. The topological polar surface area (TPSA) is 308 Å². The molecule has 1 rings (SSSR count). The van der Waals surface area contributed by atoms with Crippen LogP contribution in [0.5, 0.6) is 0 Å². The lowest BCUT2D eigenvalue weighted by Crippen LogP contribution is -3.00. The minimum absolute atomic E-state index is 0. The summed E-state index contributed by atoms with van der Waals surface area (Å²) in [5.41, 5.74) is -5.23. The van der Waals surface area contributed by atoms with Gasteiger partial charge >= 0.3 is 66.0 Å². The van der Waals surface area contributed by atoms with Crippen molar-refractivity contribution >= 4 is 120 Å². The Balaban J connectivity index is -0.00000253. The fourth-order valence-electron chi connectivity index (χ4n) is 6.01. The highest BCUT2D eigenvalue weighted by Gasteiger charge is 2.44. The first-order chi connectivity index (χ1) is 36.0. The van der Waals surface area contributed by atoms with E-state index in [4.69, 9.17) is 61.6 Å².